The van der Waals surface area contributed by atoms with E-state index in [0.29, 0.717) is 10.7 Å². The fraction of sp³-hybridized carbons (Fsp3) is 0.526. The van der Waals surface area contributed by atoms with Crippen LogP contribution in [0.25, 0.3) is 0 Å². The number of carboxylic acids is 1. The van der Waals surface area contributed by atoms with Crippen molar-refractivity contribution in [3.05, 3.63) is 39.7 Å². The molecular formula is C19H24N2O4S. The van der Waals surface area contributed by atoms with Crippen LogP contribution >= 0.6 is 11.8 Å². The molecule has 1 N–H and O–H groups in total. The Kier molecular flexibility index (Phi) is 4.88. The number of aliphatic hydroxyl groups is 1. The zero-order chi connectivity index (χ0) is 19.3. The lowest BCUT2D eigenvalue weighted by Crippen LogP contribution is -2.64. The van der Waals surface area contributed by atoms with E-state index in [-0.39, 0.29) is 23.6 Å². The Morgan fingerprint density at radius 2 is 2.08 bits per heavy atom. The van der Waals surface area contributed by atoms with Crippen molar-refractivity contribution in [1.82, 2.24) is 4.90 Å². The average Bonchev–Trinajstić information content (AvgIpc) is 2.78. The number of aryl methyl sites for hydroxylation is 2. The van der Waals surface area contributed by atoms with Crippen molar-refractivity contribution in [2.24, 2.45) is 18.9 Å². The molecule has 2 aliphatic heterocycles. The molecule has 2 aliphatic rings. The number of carbonyl (C=O) groups excluding carboxylic acids is 2. The molecule has 140 valence electrons. The van der Waals surface area contributed by atoms with Gasteiger partial charge in [-0.05, 0) is 19.4 Å². The van der Waals surface area contributed by atoms with Crippen LogP contribution in [0.1, 0.15) is 30.8 Å². The number of aliphatic carboxylic acids is 1. The van der Waals surface area contributed by atoms with E-state index < -0.39 is 18.0 Å². The molecule has 1 aromatic rings. The van der Waals surface area contributed by atoms with E-state index >= 15 is 0 Å². The molecule has 1 saturated heterocycles. The SMILES string of the molecule is Cc1cc(C)[n+](C)c(CSC2=C(C(=O)[O-])N3C(=O)[C@H]([C@@H](C)O)[C@@H]3[C@H]2C)c1. The maximum absolute atomic E-state index is 12.3. The summed E-state index contributed by atoms with van der Waals surface area (Å²) >= 11 is 1.44. The Bertz CT molecular complexity index is 818. The van der Waals surface area contributed by atoms with Crippen molar-refractivity contribution in [2.45, 2.75) is 45.6 Å². The van der Waals surface area contributed by atoms with E-state index in [1.54, 1.807) is 6.92 Å². The maximum atomic E-state index is 12.3. The number of β-lactam (4-membered cyclic amide) rings is 1. The van der Waals surface area contributed by atoms with Crippen LogP contribution in [-0.2, 0) is 22.4 Å². The van der Waals surface area contributed by atoms with Crippen molar-refractivity contribution < 1.29 is 24.4 Å². The molecule has 3 heterocycles. The Morgan fingerprint density at radius 1 is 1.42 bits per heavy atom. The molecule has 1 amide bonds. The van der Waals surface area contributed by atoms with Crippen LogP contribution in [0.5, 0.6) is 0 Å². The van der Waals surface area contributed by atoms with Gasteiger partial charge >= 0.3 is 0 Å². The maximum Gasteiger partial charge on any atom is 0.235 e. The van der Waals surface area contributed by atoms with Crippen LogP contribution < -0.4 is 9.67 Å². The Morgan fingerprint density at radius 3 is 2.65 bits per heavy atom. The van der Waals surface area contributed by atoms with Crippen LogP contribution in [0, 0.1) is 25.7 Å². The predicted molar refractivity (Wildman–Crippen MR) is 95.4 cm³/mol. The molecule has 1 fully saturated rings. The summed E-state index contributed by atoms with van der Waals surface area (Å²) in [4.78, 5) is 26.0. The van der Waals surface area contributed by atoms with Crippen molar-refractivity contribution >= 4 is 23.6 Å². The van der Waals surface area contributed by atoms with Crippen molar-refractivity contribution in [3.8, 4) is 0 Å². The third-order valence-corrected chi connectivity index (χ3v) is 6.78. The number of carbonyl (C=O) groups is 2. The summed E-state index contributed by atoms with van der Waals surface area (Å²) in [6.45, 7) is 7.55. The van der Waals surface area contributed by atoms with Crippen LogP contribution in [0.2, 0.25) is 0 Å². The summed E-state index contributed by atoms with van der Waals surface area (Å²) in [5.41, 5.74) is 3.33. The van der Waals surface area contributed by atoms with Gasteiger partial charge in [-0.1, -0.05) is 6.92 Å². The van der Waals surface area contributed by atoms with E-state index in [1.165, 1.54) is 16.7 Å². The number of carboxylic acid groups (broad SMARTS) is 1. The van der Waals surface area contributed by atoms with Gasteiger partial charge in [-0.3, -0.25) is 4.79 Å². The summed E-state index contributed by atoms with van der Waals surface area (Å²) < 4.78 is 2.08. The van der Waals surface area contributed by atoms with Gasteiger partial charge in [0.15, 0.2) is 11.4 Å². The lowest BCUT2D eigenvalue weighted by atomic mass is 9.79. The van der Waals surface area contributed by atoms with E-state index in [4.69, 9.17) is 0 Å². The zero-order valence-corrected chi connectivity index (χ0v) is 16.5. The second kappa shape index (κ2) is 6.70. The lowest BCUT2D eigenvalue weighted by molar-refractivity contribution is -0.684. The van der Waals surface area contributed by atoms with E-state index in [2.05, 4.69) is 16.7 Å². The first-order chi connectivity index (χ1) is 12.1. The second-order valence-corrected chi connectivity index (χ2v) is 8.28. The van der Waals surface area contributed by atoms with Gasteiger partial charge < -0.3 is 19.9 Å². The third-order valence-electron chi connectivity index (χ3n) is 5.47. The molecular weight excluding hydrogens is 352 g/mol. The first-order valence-electron chi connectivity index (χ1n) is 8.70. The Balaban J connectivity index is 1.90. The number of aliphatic hydroxyl groups excluding tert-OH is 1. The molecule has 0 saturated carbocycles. The van der Waals surface area contributed by atoms with Gasteiger partial charge in [-0.25, -0.2) is 4.57 Å². The summed E-state index contributed by atoms with van der Waals surface area (Å²) in [6.07, 6.45) is -0.796. The highest BCUT2D eigenvalue weighted by molar-refractivity contribution is 8.02. The van der Waals surface area contributed by atoms with Crippen LogP contribution in [-0.4, -0.2) is 34.0 Å². The topological polar surface area (TPSA) is 84.5 Å². The molecule has 0 unspecified atom stereocenters. The number of hydrogen-bond donors (Lipinski definition) is 1. The lowest BCUT2D eigenvalue weighted by Gasteiger charge is -2.47. The molecule has 6 nitrogen and oxygen atoms in total. The monoisotopic (exact) mass is 376 g/mol. The average molecular weight is 376 g/mol. The highest BCUT2D eigenvalue weighted by Crippen LogP contribution is 2.50. The van der Waals surface area contributed by atoms with Gasteiger partial charge in [-0.2, -0.15) is 0 Å². The van der Waals surface area contributed by atoms with Gasteiger partial charge in [0.05, 0.1) is 35.5 Å². The predicted octanol–water partition coefficient (Wildman–Crippen LogP) is 0.180. The quantitative estimate of drug-likeness (QED) is 0.585. The molecule has 7 heteroatoms. The van der Waals surface area contributed by atoms with Crippen molar-refractivity contribution in [2.75, 3.05) is 0 Å². The molecule has 0 bridgehead atoms. The number of thioether (sulfide) groups is 1. The summed E-state index contributed by atoms with van der Waals surface area (Å²) in [5.74, 6) is -1.74. The Labute approximate surface area is 157 Å². The van der Waals surface area contributed by atoms with Crippen molar-refractivity contribution in [3.63, 3.8) is 0 Å². The first kappa shape index (κ1) is 18.9. The fourth-order valence-corrected chi connectivity index (χ4v) is 5.35. The molecule has 0 aromatic carbocycles. The molecule has 0 aliphatic carbocycles. The highest BCUT2D eigenvalue weighted by atomic mass is 32.2. The number of fused-ring (bicyclic) bond motifs is 1. The van der Waals surface area contributed by atoms with E-state index in [1.807, 2.05) is 27.8 Å². The summed E-state index contributed by atoms with van der Waals surface area (Å²) in [6, 6.07) is 3.87. The highest BCUT2D eigenvalue weighted by Gasteiger charge is 2.58. The molecule has 4 atom stereocenters. The van der Waals surface area contributed by atoms with Gasteiger partial charge in [-0.15, -0.1) is 11.8 Å². The minimum atomic E-state index is -1.33. The zero-order valence-electron chi connectivity index (χ0n) is 15.6. The standard InChI is InChI=1S/C19H24N2O4S/c1-9-6-10(2)20(5)13(7-9)8-26-17-11(3)15-14(12(4)22)18(23)21(15)16(17)19(24)25/h6-7,11-12,14-15,22H,8H2,1-5H3/t11-,12-,14-,15+/m1/s1. The number of pyridine rings is 1. The number of rotatable bonds is 5. The van der Waals surface area contributed by atoms with E-state index in [9.17, 15) is 19.8 Å². The summed E-state index contributed by atoms with van der Waals surface area (Å²) in [7, 11) is 1.98. The van der Waals surface area contributed by atoms with Crippen LogP contribution in [0.3, 0.4) is 0 Å². The second-order valence-electron chi connectivity index (χ2n) is 7.27. The van der Waals surface area contributed by atoms with Crippen LogP contribution in [0.4, 0.5) is 0 Å². The number of aromatic nitrogens is 1. The Hall–Kier alpha value is -1.86. The smallest absolute Gasteiger partial charge is 0.235 e. The van der Waals surface area contributed by atoms with Crippen LogP contribution in [0.15, 0.2) is 22.7 Å². The minimum Gasteiger partial charge on any atom is -0.543 e. The molecule has 1 aromatic heterocycles. The number of nitrogens with zero attached hydrogens (tertiary/aromatic N) is 2. The van der Waals surface area contributed by atoms with Crippen molar-refractivity contribution in [1.29, 1.82) is 0 Å². The normalized spacial score (nSPS) is 26.0. The minimum absolute atomic E-state index is 0.0265. The number of amides is 1. The number of hydrogen-bond acceptors (Lipinski definition) is 5. The van der Waals surface area contributed by atoms with Gasteiger partial charge in [0.1, 0.15) is 7.05 Å². The van der Waals surface area contributed by atoms with Gasteiger partial charge in [0, 0.05) is 29.9 Å². The molecule has 0 spiro atoms. The molecule has 0 radical (unpaired) electrons. The molecule has 26 heavy (non-hydrogen) atoms. The summed E-state index contributed by atoms with van der Waals surface area (Å²) in [5, 5.41) is 21.6. The van der Waals surface area contributed by atoms with E-state index in [0.717, 1.165) is 17.0 Å². The first-order valence-corrected chi connectivity index (χ1v) is 9.69. The molecule has 3 rings (SSSR count). The largest absolute Gasteiger partial charge is 0.543 e. The van der Waals surface area contributed by atoms with Gasteiger partial charge in [0.25, 0.3) is 0 Å². The third kappa shape index (κ3) is 2.83. The van der Waals surface area contributed by atoms with Gasteiger partial charge in [0.2, 0.25) is 5.91 Å². The fourth-order valence-electron chi connectivity index (χ4n) is 4.05.